The third kappa shape index (κ3) is 3.14. The smallest absolute Gasteiger partial charge is 0.164 e. The molecule has 2 nitrogen and oxygen atoms in total. The Labute approximate surface area is 99.2 Å². The number of nitrogens with two attached hydrogens (primary N) is 1. The van der Waals surface area contributed by atoms with E-state index in [-0.39, 0.29) is 0 Å². The molecule has 2 N–H and O–H groups in total. The molecule has 0 aromatic heterocycles. The fraction of sp³-hybridized carbons (Fsp3) is 0. The van der Waals surface area contributed by atoms with Gasteiger partial charge in [-0.25, -0.2) is 4.99 Å². The average molecular weight is 228 g/mol. The highest BCUT2D eigenvalue weighted by atomic mass is 32.2. The van der Waals surface area contributed by atoms with Gasteiger partial charge in [0, 0.05) is 4.90 Å². The van der Waals surface area contributed by atoms with E-state index in [2.05, 4.69) is 4.99 Å². The van der Waals surface area contributed by atoms with E-state index in [1.807, 2.05) is 60.7 Å². The molecule has 0 fully saturated rings. The molecule has 0 spiro atoms. The molecular weight excluding hydrogens is 216 g/mol. The number of hydrogen-bond acceptors (Lipinski definition) is 2. The summed E-state index contributed by atoms with van der Waals surface area (Å²) in [6.07, 6.45) is 0. The lowest BCUT2D eigenvalue weighted by atomic mass is 10.3. The van der Waals surface area contributed by atoms with Gasteiger partial charge < -0.3 is 5.73 Å². The molecule has 0 atom stereocenters. The normalized spacial score (nSPS) is 11.4. The first-order chi connectivity index (χ1) is 7.84. The fourth-order valence-electron chi connectivity index (χ4n) is 1.26. The van der Waals surface area contributed by atoms with E-state index in [1.54, 1.807) is 0 Å². The van der Waals surface area contributed by atoms with E-state index in [0.29, 0.717) is 5.17 Å². The predicted molar refractivity (Wildman–Crippen MR) is 70.0 cm³/mol. The summed E-state index contributed by atoms with van der Waals surface area (Å²) in [4.78, 5) is 5.41. The van der Waals surface area contributed by atoms with Crippen LogP contribution in [0.5, 0.6) is 0 Å². The van der Waals surface area contributed by atoms with Crippen molar-refractivity contribution in [3.63, 3.8) is 0 Å². The Kier molecular flexibility index (Phi) is 3.62. The van der Waals surface area contributed by atoms with Crippen LogP contribution in [0.1, 0.15) is 0 Å². The molecule has 0 aliphatic heterocycles. The average Bonchev–Trinajstić information content (AvgIpc) is 2.31. The second-order valence-corrected chi connectivity index (χ2v) is 4.29. The summed E-state index contributed by atoms with van der Waals surface area (Å²) in [6, 6.07) is 19.7. The van der Waals surface area contributed by atoms with Crippen molar-refractivity contribution in [2.75, 3.05) is 0 Å². The number of para-hydroxylation sites is 1. The quantitative estimate of drug-likeness (QED) is 0.486. The van der Waals surface area contributed by atoms with Crippen molar-refractivity contribution in [3.05, 3.63) is 60.7 Å². The zero-order valence-electron chi connectivity index (χ0n) is 8.71. The Morgan fingerprint density at radius 3 is 2.06 bits per heavy atom. The van der Waals surface area contributed by atoms with Crippen molar-refractivity contribution in [1.82, 2.24) is 0 Å². The van der Waals surface area contributed by atoms with Crippen LogP contribution in [0, 0.1) is 0 Å². The molecule has 0 saturated carbocycles. The molecule has 0 amide bonds. The Morgan fingerprint density at radius 2 is 1.44 bits per heavy atom. The van der Waals surface area contributed by atoms with Crippen LogP contribution in [-0.2, 0) is 0 Å². The zero-order valence-corrected chi connectivity index (χ0v) is 9.52. The zero-order chi connectivity index (χ0) is 11.2. The molecule has 2 aromatic carbocycles. The molecule has 2 rings (SSSR count). The molecule has 0 unspecified atom stereocenters. The molecule has 0 saturated heterocycles. The van der Waals surface area contributed by atoms with Gasteiger partial charge in [0.1, 0.15) is 0 Å². The van der Waals surface area contributed by atoms with Crippen LogP contribution in [0.4, 0.5) is 5.69 Å². The van der Waals surface area contributed by atoms with E-state index in [4.69, 9.17) is 5.73 Å². The summed E-state index contributed by atoms with van der Waals surface area (Å²) < 4.78 is 0. The summed E-state index contributed by atoms with van der Waals surface area (Å²) in [5.74, 6) is 0. The Balaban J connectivity index is 2.09. The lowest BCUT2D eigenvalue weighted by Gasteiger charge is -2.00. The number of amidine groups is 1. The lowest BCUT2D eigenvalue weighted by Crippen LogP contribution is -2.05. The van der Waals surface area contributed by atoms with E-state index < -0.39 is 0 Å². The Hall–Kier alpha value is -1.74. The van der Waals surface area contributed by atoms with Crippen LogP contribution >= 0.6 is 11.8 Å². The van der Waals surface area contributed by atoms with Crippen molar-refractivity contribution < 1.29 is 0 Å². The van der Waals surface area contributed by atoms with Crippen molar-refractivity contribution >= 4 is 22.6 Å². The number of nitrogens with zero attached hydrogens (tertiary/aromatic N) is 1. The van der Waals surface area contributed by atoms with Crippen molar-refractivity contribution in [1.29, 1.82) is 0 Å². The number of hydrogen-bond donors (Lipinski definition) is 1. The van der Waals surface area contributed by atoms with Gasteiger partial charge in [-0.3, -0.25) is 0 Å². The van der Waals surface area contributed by atoms with Crippen molar-refractivity contribution in [2.45, 2.75) is 4.90 Å². The highest BCUT2D eigenvalue weighted by molar-refractivity contribution is 8.13. The molecule has 0 aliphatic carbocycles. The maximum atomic E-state index is 5.85. The number of benzene rings is 2. The molecule has 0 aliphatic rings. The first-order valence-electron chi connectivity index (χ1n) is 4.97. The molecule has 16 heavy (non-hydrogen) atoms. The van der Waals surface area contributed by atoms with Gasteiger partial charge in [-0.15, -0.1) is 0 Å². The first kappa shape index (κ1) is 10.8. The fourth-order valence-corrected chi connectivity index (χ4v) is 1.95. The maximum absolute atomic E-state index is 5.85. The van der Waals surface area contributed by atoms with E-state index in [9.17, 15) is 0 Å². The third-order valence-electron chi connectivity index (χ3n) is 1.96. The second kappa shape index (κ2) is 5.37. The van der Waals surface area contributed by atoms with Gasteiger partial charge in [0.15, 0.2) is 5.17 Å². The minimum atomic E-state index is 0.553. The van der Waals surface area contributed by atoms with Gasteiger partial charge in [0.25, 0.3) is 0 Å². The van der Waals surface area contributed by atoms with E-state index in [1.165, 1.54) is 11.8 Å². The van der Waals surface area contributed by atoms with Gasteiger partial charge >= 0.3 is 0 Å². The van der Waals surface area contributed by atoms with Crippen molar-refractivity contribution in [3.8, 4) is 0 Å². The summed E-state index contributed by atoms with van der Waals surface area (Å²) >= 11 is 1.47. The summed E-state index contributed by atoms with van der Waals surface area (Å²) in [6.45, 7) is 0. The lowest BCUT2D eigenvalue weighted by molar-refractivity contribution is 1.46. The molecule has 0 heterocycles. The molecular formula is C13H12N2S. The highest BCUT2D eigenvalue weighted by Gasteiger charge is 1.96. The van der Waals surface area contributed by atoms with Gasteiger partial charge in [-0.2, -0.15) is 0 Å². The van der Waals surface area contributed by atoms with Crippen molar-refractivity contribution in [2.24, 2.45) is 10.7 Å². The standard InChI is InChI=1S/C13H12N2S/c14-13(15-11-7-3-1-4-8-11)16-12-9-5-2-6-10-12/h1-10H,(H2,14,15). The van der Waals surface area contributed by atoms with Gasteiger partial charge in [-0.05, 0) is 24.3 Å². The number of thioether (sulfide) groups is 1. The van der Waals surface area contributed by atoms with Crippen LogP contribution < -0.4 is 5.73 Å². The van der Waals surface area contributed by atoms with Crippen LogP contribution in [0.15, 0.2) is 70.6 Å². The van der Waals surface area contributed by atoms with Gasteiger partial charge in [0.05, 0.1) is 5.69 Å². The predicted octanol–water partition coefficient (Wildman–Crippen LogP) is 3.43. The molecule has 3 heteroatoms. The highest BCUT2D eigenvalue weighted by Crippen LogP contribution is 2.19. The number of aliphatic imine (C=N–C) groups is 1. The minimum Gasteiger partial charge on any atom is -0.378 e. The molecule has 0 radical (unpaired) electrons. The Bertz CT molecular complexity index is 466. The topological polar surface area (TPSA) is 38.4 Å². The Morgan fingerprint density at radius 1 is 0.875 bits per heavy atom. The van der Waals surface area contributed by atoms with Crippen LogP contribution in [0.3, 0.4) is 0 Å². The van der Waals surface area contributed by atoms with Gasteiger partial charge in [-0.1, -0.05) is 48.2 Å². The molecule has 0 bridgehead atoms. The SMILES string of the molecule is NC(=Nc1ccccc1)Sc1ccccc1. The van der Waals surface area contributed by atoms with E-state index in [0.717, 1.165) is 10.6 Å². The molecule has 2 aromatic rings. The largest absolute Gasteiger partial charge is 0.378 e. The minimum absolute atomic E-state index is 0.553. The van der Waals surface area contributed by atoms with E-state index >= 15 is 0 Å². The second-order valence-electron chi connectivity index (χ2n) is 3.20. The van der Waals surface area contributed by atoms with Crippen LogP contribution in [0.2, 0.25) is 0 Å². The number of rotatable bonds is 2. The van der Waals surface area contributed by atoms with Crippen LogP contribution in [0.25, 0.3) is 0 Å². The monoisotopic (exact) mass is 228 g/mol. The summed E-state index contributed by atoms with van der Waals surface area (Å²) in [5.41, 5.74) is 6.73. The first-order valence-corrected chi connectivity index (χ1v) is 5.78. The van der Waals surface area contributed by atoms with Crippen LogP contribution in [-0.4, -0.2) is 5.17 Å². The molecule has 80 valence electrons. The maximum Gasteiger partial charge on any atom is 0.164 e. The van der Waals surface area contributed by atoms with Gasteiger partial charge in [0.2, 0.25) is 0 Å². The summed E-state index contributed by atoms with van der Waals surface area (Å²) in [7, 11) is 0. The third-order valence-corrected chi connectivity index (χ3v) is 2.77. The summed E-state index contributed by atoms with van der Waals surface area (Å²) in [5, 5.41) is 0.553.